The molecule has 2 aromatic rings. The van der Waals surface area contributed by atoms with E-state index >= 15 is 0 Å². The van der Waals surface area contributed by atoms with Gasteiger partial charge in [-0.2, -0.15) is 0 Å². The van der Waals surface area contributed by atoms with E-state index in [1.54, 1.807) is 18.9 Å². The van der Waals surface area contributed by atoms with Crippen molar-refractivity contribution in [3.8, 4) is 5.75 Å². The van der Waals surface area contributed by atoms with Crippen LogP contribution in [0.4, 0.5) is 0 Å². The molecule has 0 radical (unpaired) electrons. The van der Waals surface area contributed by atoms with Gasteiger partial charge in [-0.3, -0.25) is 9.59 Å². The standard InChI is InChI=1S/C23H30N2O3/c1-16(2)20-8-6-7-9-21(20)28-15-22(26)25(18(4)23(27)24-5)14-19-12-10-17(3)11-13-19/h6-13,16,18H,14-15H2,1-5H3,(H,24,27)/t18-/m1/s1. The van der Waals surface area contributed by atoms with E-state index in [1.807, 2.05) is 55.5 Å². The Morgan fingerprint density at radius 2 is 1.68 bits per heavy atom. The Hall–Kier alpha value is -2.82. The molecule has 150 valence electrons. The normalized spacial score (nSPS) is 11.8. The Morgan fingerprint density at radius 1 is 1.04 bits per heavy atom. The summed E-state index contributed by atoms with van der Waals surface area (Å²) in [6.45, 7) is 8.15. The van der Waals surface area contributed by atoms with E-state index in [1.165, 1.54) is 0 Å². The molecule has 0 bridgehead atoms. The maximum absolute atomic E-state index is 13.0. The summed E-state index contributed by atoms with van der Waals surface area (Å²) in [5.74, 6) is 0.562. The van der Waals surface area contributed by atoms with Crippen LogP contribution in [0.2, 0.25) is 0 Å². The van der Waals surface area contributed by atoms with Gasteiger partial charge in [0, 0.05) is 13.6 Å². The average molecular weight is 383 g/mol. The quantitative estimate of drug-likeness (QED) is 0.758. The van der Waals surface area contributed by atoms with Crippen LogP contribution in [0.1, 0.15) is 43.4 Å². The third-order valence-corrected chi connectivity index (χ3v) is 4.78. The number of aryl methyl sites for hydroxylation is 1. The molecule has 2 amide bonds. The van der Waals surface area contributed by atoms with Crippen LogP contribution in [0.5, 0.6) is 5.75 Å². The van der Waals surface area contributed by atoms with E-state index < -0.39 is 6.04 Å². The first-order valence-corrected chi connectivity index (χ1v) is 9.61. The lowest BCUT2D eigenvalue weighted by Gasteiger charge is -2.28. The third-order valence-electron chi connectivity index (χ3n) is 4.78. The van der Waals surface area contributed by atoms with E-state index in [0.29, 0.717) is 18.2 Å². The molecule has 0 fully saturated rings. The zero-order valence-electron chi connectivity index (χ0n) is 17.4. The van der Waals surface area contributed by atoms with Crippen LogP contribution in [-0.4, -0.2) is 36.4 Å². The summed E-state index contributed by atoms with van der Waals surface area (Å²) in [6.07, 6.45) is 0. The van der Waals surface area contributed by atoms with Gasteiger partial charge in [-0.05, 0) is 37.0 Å². The molecule has 0 unspecified atom stereocenters. The molecule has 0 aliphatic heterocycles. The van der Waals surface area contributed by atoms with Gasteiger partial charge in [-0.25, -0.2) is 0 Å². The second-order valence-electron chi connectivity index (χ2n) is 7.28. The fourth-order valence-electron chi connectivity index (χ4n) is 2.99. The summed E-state index contributed by atoms with van der Waals surface area (Å²) in [5, 5.41) is 2.62. The number of hydrogen-bond donors (Lipinski definition) is 1. The van der Waals surface area contributed by atoms with Crippen molar-refractivity contribution in [2.45, 2.75) is 46.2 Å². The highest BCUT2D eigenvalue weighted by molar-refractivity contribution is 5.87. The SMILES string of the molecule is CNC(=O)[C@@H](C)N(Cc1ccc(C)cc1)C(=O)COc1ccccc1C(C)C. The molecule has 0 aliphatic carbocycles. The first-order valence-electron chi connectivity index (χ1n) is 9.61. The lowest BCUT2D eigenvalue weighted by atomic mass is 10.0. The highest BCUT2D eigenvalue weighted by Crippen LogP contribution is 2.26. The molecule has 0 saturated carbocycles. The minimum absolute atomic E-state index is 0.114. The number of ether oxygens (including phenoxy) is 1. The lowest BCUT2D eigenvalue weighted by molar-refractivity contribution is -0.142. The van der Waals surface area contributed by atoms with Crippen molar-refractivity contribution in [2.24, 2.45) is 0 Å². The van der Waals surface area contributed by atoms with Gasteiger partial charge in [0.2, 0.25) is 5.91 Å². The summed E-state index contributed by atoms with van der Waals surface area (Å²) in [4.78, 5) is 26.7. The van der Waals surface area contributed by atoms with Crippen LogP contribution in [0, 0.1) is 6.92 Å². The number of carbonyl (C=O) groups excluding carboxylic acids is 2. The number of rotatable bonds is 8. The molecule has 1 N–H and O–H groups in total. The van der Waals surface area contributed by atoms with Crippen LogP contribution in [0.25, 0.3) is 0 Å². The van der Waals surface area contributed by atoms with Gasteiger partial charge in [-0.1, -0.05) is 61.9 Å². The van der Waals surface area contributed by atoms with Gasteiger partial charge in [0.15, 0.2) is 6.61 Å². The van der Waals surface area contributed by atoms with E-state index in [-0.39, 0.29) is 18.4 Å². The smallest absolute Gasteiger partial charge is 0.261 e. The highest BCUT2D eigenvalue weighted by Gasteiger charge is 2.26. The minimum atomic E-state index is -0.595. The number of amides is 2. The fourth-order valence-corrected chi connectivity index (χ4v) is 2.99. The molecule has 2 rings (SSSR count). The number of benzene rings is 2. The monoisotopic (exact) mass is 382 g/mol. The van der Waals surface area contributed by atoms with Crippen LogP contribution < -0.4 is 10.1 Å². The van der Waals surface area contributed by atoms with Crippen molar-refractivity contribution < 1.29 is 14.3 Å². The molecule has 2 aromatic carbocycles. The second-order valence-corrected chi connectivity index (χ2v) is 7.28. The molecule has 0 aliphatic rings. The Bertz CT molecular complexity index is 800. The summed E-state index contributed by atoms with van der Waals surface area (Å²) < 4.78 is 5.84. The summed E-state index contributed by atoms with van der Waals surface area (Å²) in [5.41, 5.74) is 3.17. The molecule has 0 spiro atoms. The number of likely N-dealkylation sites (N-methyl/N-ethyl adjacent to an activating group) is 1. The van der Waals surface area contributed by atoms with Crippen molar-refractivity contribution in [3.63, 3.8) is 0 Å². The second kappa shape index (κ2) is 9.93. The average Bonchev–Trinajstić information content (AvgIpc) is 2.70. The topological polar surface area (TPSA) is 58.6 Å². The van der Waals surface area contributed by atoms with Crippen molar-refractivity contribution in [3.05, 3.63) is 65.2 Å². The number of para-hydroxylation sites is 1. The van der Waals surface area contributed by atoms with Gasteiger partial charge in [-0.15, -0.1) is 0 Å². The zero-order valence-corrected chi connectivity index (χ0v) is 17.4. The fraction of sp³-hybridized carbons (Fsp3) is 0.391. The first-order chi connectivity index (χ1) is 13.3. The van der Waals surface area contributed by atoms with Crippen LogP contribution in [-0.2, 0) is 16.1 Å². The number of carbonyl (C=O) groups is 2. The van der Waals surface area contributed by atoms with Crippen molar-refractivity contribution in [2.75, 3.05) is 13.7 Å². The minimum Gasteiger partial charge on any atom is -0.483 e. The number of nitrogens with zero attached hydrogens (tertiary/aromatic N) is 1. The van der Waals surface area contributed by atoms with Crippen LogP contribution in [0.3, 0.4) is 0 Å². The van der Waals surface area contributed by atoms with Crippen LogP contribution in [0.15, 0.2) is 48.5 Å². The van der Waals surface area contributed by atoms with Gasteiger partial charge in [0.05, 0.1) is 0 Å². The van der Waals surface area contributed by atoms with Gasteiger partial charge in [0.25, 0.3) is 5.91 Å². The van der Waals surface area contributed by atoms with E-state index in [2.05, 4.69) is 19.2 Å². The first kappa shape index (κ1) is 21.5. The molecule has 0 heterocycles. The predicted molar refractivity (Wildman–Crippen MR) is 111 cm³/mol. The summed E-state index contributed by atoms with van der Waals surface area (Å²) in [6, 6.07) is 15.1. The molecule has 28 heavy (non-hydrogen) atoms. The van der Waals surface area contributed by atoms with E-state index in [9.17, 15) is 9.59 Å². The summed E-state index contributed by atoms with van der Waals surface area (Å²) >= 11 is 0. The van der Waals surface area contributed by atoms with Gasteiger partial charge in [0.1, 0.15) is 11.8 Å². The zero-order chi connectivity index (χ0) is 20.7. The van der Waals surface area contributed by atoms with Gasteiger partial charge < -0.3 is 15.0 Å². The molecule has 5 nitrogen and oxygen atoms in total. The molecule has 0 aromatic heterocycles. The largest absolute Gasteiger partial charge is 0.483 e. The molecular weight excluding hydrogens is 352 g/mol. The Kier molecular flexibility index (Phi) is 7.61. The van der Waals surface area contributed by atoms with Crippen molar-refractivity contribution >= 4 is 11.8 Å². The Morgan fingerprint density at radius 3 is 2.29 bits per heavy atom. The van der Waals surface area contributed by atoms with Gasteiger partial charge >= 0.3 is 0 Å². The van der Waals surface area contributed by atoms with Crippen molar-refractivity contribution in [1.82, 2.24) is 10.2 Å². The molecular formula is C23H30N2O3. The lowest BCUT2D eigenvalue weighted by Crippen LogP contribution is -2.48. The maximum Gasteiger partial charge on any atom is 0.261 e. The van der Waals surface area contributed by atoms with E-state index in [0.717, 1.165) is 16.7 Å². The number of hydrogen-bond acceptors (Lipinski definition) is 3. The van der Waals surface area contributed by atoms with Crippen molar-refractivity contribution in [1.29, 1.82) is 0 Å². The maximum atomic E-state index is 13.0. The number of nitrogens with one attached hydrogen (secondary N) is 1. The van der Waals surface area contributed by atoms with Crippen LogP contribution >= 0.6 is 0 Å². The Labute approximate surface area is 167 Å². The Balaban J connectivity index is 2.16. The third kappa shape index (κ3) is 5.59. The molecule has 1 atom stereocenters. The summed E-state index contributed by atoms with van der Waals surface area (Å²) in [7, 11) is 1.57. The highest BCUT2D eigenvalue weighted by atomic mass is 16.5. The molecule has 0 saturated heterocycles. The molecule has 5 heteroatoms. The van der Waals surface area contributed by atoms with E-state index in [4.69, 9.17) is 4.74 Å². The predicted octanol–water partition coefficient (Wildman–Crippen LogP) is 3.66.